The summed E-state index contributed by atoms with van der Waals surface area (Å²) < 4.78 is 18.7. The summed E-state index contributed by atoms with van der Waals surface area (Å²) in [5, 5.41) is 4.01. The fraction of sp³-hybridized carbons (Fsp3) is 0.391. The van der Waals surface area contributed by atoms with E-state index in [-0.39, 0.29) is 17.6 Å². The Kier molecular flexibility index (Phi) is 4.81. The Morgan fingerprint density at radius 2 is 1.97 bits per heavy atom. The highest BCUT2D eigenvalue weighted by molar-refractivity contribution is 5.94. The standard InChI is InChI=1S/C23H23FN4O2/c1-14-11-20(30-27-14)19-12-25-22(15-4-5-15)26-21(19)17-3-2-10-28(13-17)23(29)16-6-8-18(24)9-7-16/h6-9,11-12,15,17H,2-5,10,13H2,1H3. The lowest BCUT2D eigenvalue weighted by molar-refractivity contribution is 0.0706. The van der Waals surface area contributed by atoms with Crippen molar-refractivity contribution in [1.82, 2.24) is 20.0 Å². The molecule has 2 fully saturated rings. The first-order valence-electron chi connectivity index (χ1n) is 10.4. The van der Waals surface area contributed by atoms with Gasteiger partial charge in [0, 0.05) is 42.8 Å². The maximum Gasteiger partial charge on any atom is 0.253 e. The van der Waals surface area contributed by atoms with E-state index in [4.69, 9.17) is 9.51 Å². The number of hydrogen-bond acceptors (Lipinski definition) is 5. The molecule has 3 aromatic rings. The summed E-state index contributed by atoms with van der Waals surface area (Å²) in [5.41, 5.74) is 3.09. The molecule has 1 aliphatic heterocycles. The Hall–Kier alpha value is -3.09. The average Bonchev–Trinajstić information content (AvgIpc) is 3.54. The molecular weight excluding hydrogens is 383 g/mol. The third kappa shape index (κ3) is 3.72. The number of piperidine rings is 1. The van der Waals surface area contributed by atoms with E-state index in [9.17, 15) is 9.18 Å². The number of aryl methyl sites for hydroxylation is 1. The Labute approximate surface area is 174 Å². The fourth-order valence-electron chi connectivity index (χ4n) is 4.10. The number of likely N-dealkylation sites (tertiary alicyclic amines) is 1. The second-order valence-corrected chi connectivity index (χ2v) is 8.23. The van der Waals surface area contributed by atoms with Crippen LogP contribution in [0.15, 0.2) is 41.1 Å². The SMILES string of the molecule is Cc1cc(-c2cnc(C3CC3)nc2C2CCCN(C(=O)c3ccc(F)cc3)C2)on1. The second-order valence-electron chi connectivity index (χ2n) is 8.23. The monoisotopic (exact) mass is 406 g/mol. The summed E-state index contributed by atoms with van der Waals surface area (Å²) in [4.78, 5) is 24.3. The van der Waals surface area contributed by atoms with E-state index in [2.05, 4.69) is 10.1 Å². The summed E-state index contributed by atoms with van der Waals surface area (Å²) >= 11 is 0. The first kappa shape index (κ1) is 18.9. The number of carbonyl (C=O) groups excluding carboxylic acids is 1. The number of nitrogens with zero attached hydrogens (tertiary/aromatic N) is 4. The van der Waals surface area contributed by atoms with Crippen molar-refractivity contribution >= 4 is 5.91 Å². The second kappa shape index (κ2) is 7.63. The third-order valence-corrected chi connectivity index (χ3v) is 5.86. The Morgan fingerprint density at radius 3 is 2.67 bits per heavy atom. The third-order valence-electron chi connectivity index (χ3n) is 5.86. The smallest absolute Gasteiger partial charge is 0.253 e. The molecule has 0 bridgehead atoms. The number of rotatable bonds is 4. The largest absolute Gasteiger partial charge is 0.356 e. The molecule has 1 amide bonds. The van der Waals surface area contributed by atoms with E-state index in [0.717, 1.165) is 48.5 Å². The van der Waals surface area contributed by atoms with Gasteiger partial charge in [0.05, 0.1) is 17.0 Å². The molecule has 30 heavy (non-hydrogen) atoms. The van der Waals surface area contributed by atoms with Crippen molar-refractivity contribution in [1.29, 1.82) is 0 Å². The molecule has 1 saturated carbocycles. The van der Waals surface area contributed by atoms with Crippen LogP contribution in [0.4, 0.5) is 4.39 Å². The van der Waals surface area contributed by atoms with E-state index in [1.54, 1.807) is 12.1 Å². The topological polar surface area (TPSA) is 72.1 Å². The van der Waals surface area contributed by atoms with Crippen molar-refractivity contribution in [3.8, 4) is 11.3 Å². The number of benzene rings is 1. The van der Waals surface area contributed by atoms with Crippen LogP contribution in [-0.4, -0.2) is 39.0 Å². The fourth-order valence-corrected chi connectivity index (χ4v) is 4.10. The summed E-state index contributed by atoms with van der Waals surface area (Å²) in [6.07, 6.45) is 5.92. The van der Waals surface area contributed by atoms with Crippen LogP contribution < -0.4 is 0 Å². The molecule has 1 saturated heterocycles. The molecule has 3 heterocycles. The molecule has 1 unspecified atom stereocenters. The van der Waals surface area contributed by atoms with E-state index < -0.39 is 0 Å². The van der Waals surface area contributed by atoms with Crippen molar-refractivity contribution in [2.45, 2.75) is 44.4 Å². The van der Waals surface area contributed by atoms with Crippen LogP contribution in [0, 0.1) is 12.7 Å². The Morgan fingerprint density at radius 1 is 1.17 bits per heavy atom. The van der Waals surface area contributed by atoms with Crippen LogP contribution >= 0.6 is 0 Å². The molecule has 2 aliphatic rings. The van der Waals surface area contributed by atoms with E-state index in [0.29, 0.717) is 30.3 Å². The van der Waals surface area contributed by atoms with E-state index >= 15 is 0 Å². The number of aromatic nitrogens is 3. The van der Waals surface area contributed by atoms with Gasteiger partial charge in [0.25, 0.3) is 5.91 Å². The van der Waals surface area contributed by atoms with Gasteiger partial charge in [-0.15, -0.1) is 0 Å². The van der Waals surface area contributed by atoms with Gasteiger partial charge >= 0.3 is 0 Å². The minimum Gasteiger partial charge on any atom is -0.356 e. The minimum atomic E-state index is -0.344. The normalized spacial score (nSPS) is 19.1. The van der Waals surface area contributed by atoms with Crippen LogP contribution in [-0.2, 0) is 0 Å². The predicted octanol–water partition coefficient (Wildman–Crippen LogP) is 4.48. The van der Waals surface area contributed by atoms with Crippen LogP contribution in [0.3, 0.4) is 0 Å². The number of halogens is 1. The highest BCUT2D eigenvalue weighted by atomic mass is 19.1. The van der Waals surface area contributed by atoms with Gasteiger partial charge in [-0.2, -0.15) is 0 Å². The van der Waals surface area contributed by atoms with E-state index in [1.807, 2.05) is 24.1 Å². The molecule has 5 rings (SSSR count). The Bertz CT molecular complexity index is 1080. The highest BCUT2D eigenvalue weighted by Gasteiger charge is 2.32. The lowest BCUT2D eigenvalue weighted by Crippen LogP contribution is -2.39. The van der Waals surface area contributed by atoms with Gasteiger partial charge in [-0.1, -0.05) is 5.16 Å². The average molecular weight is 406 g/mol. The lowest BCUT2D eigenvalue weighted by atomic mass is 9.90. The molecule has 2 aromatic heterocycles. The molecule has 0 radical (unpaired) electrons. The zero-order valence-electron chi connectivity index (χ0n) is 16.8. The van der Waals surface area contributed by atoms with E-state index in [1.165, 1.54) is 12.1 Å². The Balaban J connectivity index is 1.45. The molecule has 0 spiro atoms. The summed E-state index contributed by atoms with van der Waals surface area (Å²) in [7, 11) is 0. The molecule has 7 heteroatoms. The quantitative estimate of drug-likeness (QED) is 0.639. The van der Waals surface area contributed by atoms with Gasteiger partial charge in [0.2, 0.25) is 0 Å². The molecule has 1 aromatic carbocycles. The molecule has 154 valence electrons. The van der Waals surface area contributed by atoms with Crippen molar-refractivity contribution in [2.24, 2.45) is 0 Å². The van der Waals surface area contributed by atoms with Gasteiger partial charge in [0.1, 0.15) is 11.6 Å². The molecule has 0 N–H and O–H groups in total. The summed E-state index contributed by atoms with van der Waals surface area (Å²) in [6.45, 7) is 3.14. The first-order chi connectivity index (χ1) is 14.6. The number of hydrogen-bond donors (Lipinski definition) is 0. The van der Waals surface area contributed by atoms with Crippen molar-refractivity contribution in [3.63, 3.8) is 0 Å². The molecule has 6 nitrogen and oxygen atoms in total. The van der Waals surface area contributed by atoms with Gasteiger partial charge < -0.3 is 9.42 Å². The van der Waals surface area contributed by atoms with Crippen LogP contribution in [0.2, 0.25) is 0 Å². The minimum absolute atomic E-state index is 0.0757. The number of amides is 1. The predicted molar refractivity (Wildman–Crippen MR) is 109 cm³/mol. The maximum atomic E-state index is 13.2. The van der Waals surface area contributed by atoms with Crippen molar-refractivity contribution in [2.75, 3.05) is 13.1 Å². The zero-order chi connectivity index (χ0) is 20.7. The van der Waals surface area contributed by atoms with Crippen LogP contribution in [0.25, 0.3) is 11.3 Å². The van der Waals surface area contributed by atoms with Gasteiger partial charge in [0.15, 0.2) is 5.76 Å². The summed E-state index contributed by atoms with van der Waals surface area (Å²) in [5.74, 6) is 1.65. The molecule has 1 atom stereocenters. The van der Waals surface area contributed by atoms with Crippen molar-refractivity contribution in [3.05, 3.63) is 65.1 Å². The molecule has 1 aliphatic carbocycles. The summed E-state index contributed by atoms with van der Waals surface area (Å²) in [6, 6.07) is 7.62. The van der Waals surface area contributed by atoms with Crippen molar-refractivity contribution < 1.29 is 13.7 Å². The highest BCUT2D eigenvalue weighted by Crippen LogP contribution is 2.40. The zero-order valence-corrected chi connectivity index (χ0v) is 16.8. The molecular formula is C23H23FN4O2. The van der Waals surface area contributed by atoms with Gasteiger partial charge in [-0.05, 0) is 56.9 Å². The number of carbonyl (C=O) groups is 1. The lowest BCUT2D eigenvalue weighted by Gasteiger charge is -2.33. The van der Waals surface area contributed by atoms with Crippen LogP contribution in [0.5, 0.6) is 0 Å². The van der Waals surface area contributed by atoms with Gasteiger partial charge in [-0.25, -0.2) is 14.4 Å². The maximum absolute atomic E-state index is 13.2. The van der Waals surface area contributed by atoms with Gasteiger partial charge in [-0.3, -0.25) is 4.79 Å². The van der Waals surface area contributed by atoms with Crippen LogP contribution in [0.1, 0.15) is 65.1 Å². The first-order valence-corrected chi connectivity index (χ1v) is 10.4.